The molecule has 76 valence electrons. The van der Waals surface area contributed by atoms with Crippen LogP contribution in [0.3, 0.4) is 0 Å². The zero-order chi connectivity index (χ0) is 9.97. The summed E-state index contributed by atoms with van der Waals surface area (Å²) in [6.07, 6.45) is 4.73. The Kier molecular flexibility index (Phi) is 2.98. The van der Waals surface area contributed by atoms with Crippen LogP contribution >= 0.6 is 15.9 Å². The smallest absolute Gasteiger partial charge is 0.146 e. The fourth-order valence-electron chi connectivity index (χ4n) is 1.65. The van der Waals surface area contributed by atoms with Crippen LogP contribution in [0.4, 0.5) is 5.82 Å². The van der Waals surface area contributed by atoms with Crippen molar-refractivity contribution in [3.8, 4) is 0 Å². The average molecular weight is 258 g/mol. The molecule has 1 atom stereocenters. The van der Waals surface area contributed by atoms with Gasteiger partial charge in [-0.1, -0.05) is 0 Å². The van der Waals surface area contributed by atoms with E-state index in [4.69, 9.17) is 4.74 Å². The molecule has 0 amide bonds. The Hall–Kier alpha value is -0.680. The van der Waals surface area contributed by atoms with E-state index in [0.29, 0.717) is 6.10 Å². The van der Waals surface area contributed by atoms with Crippen LogP contribution in [0.5, 0.6) is 0 Å². The van der Waals surface area contributed by atoms with Crippen molar-refractivity contribution in [3.63, 3.8) is 0 Å². The lowest BCUT2D eigenvalue weighted by Crippen LogP contribution is -2.23. The number of hydrogen-bond acceptors (Lipinski definition) is 4. The summed E-state index contributed by atoms with van der Waals surface area (Å²) in [5.74, 6) is 0.958. The molecule has 1 aliphatic rings. The maximum Gasteiger partial charge on any atom is 0.146 e. The second-order valence-electron chi connectivity index (χ2n) is 3.29. The summed E-state index contributed by atoms with van der Waals surface area (Å²) in [6, 6.07) is 0. The molecule has 0 aromatic carbocycles. The summed E-state index contributed by atoms with van der Waals surface area (Å²) in [5.41, 5.74) is 0. The highest BCUT2D eigenvalue weighted by molar-refractivity contribution is 9.10. The molecule has 1 unspecified atom stereocenters. The van der Waals surface area contributed by atoms with Crippen molar-refractivity contribution >= 4 is 21.7 Å². The first-order valence-corrected chi connectivity index (χ1v) is 5.34. The Morgan fingerprint density at radius 2 is 2.50 bits per heavy atom. The molecule has 4 nitrogen and oxygen atoms in total. The topological polar surface area (TPSA) is 38.2 Å². The highest BCUT2D eigenvalue weighted by Crippen LogP contribution is 2.25. The monoisotopic (exact) mass is 257 g/mol. The van der Waals surface area contributed by atoms with Crippen LogP contribution in [-0.2, 0) is 4.74 Å². The van der Waals surface area contributed by atoms with Gasteiger partial charge in [0.2, 0.25) is 0 Å². The Morgan fingerprint density at radius 1 is 1.64 bits per heavy atom. The third kappa shape index (κ3) is 1.88. The molecule has 1 aliphatic heterocycles. The lowest BCUT2D eigenvalue weighted by Gasteiger charge is -2.17. The van der Waals surface area contributed by atoms with E-state index in [1.807, 2.05) is 0 Å². The van der Waals surface area contributed by atoms with Crippen molar-refractivity contribution in [1.82, 2.24) is 9.97 Å². The molecule has 1 aromatic rings. The van der Waals surface area contributed by atoms with Gasteiger partial charge in [-0.25, -0.2) is 9.97 Å². The molecule has 5 heteroatoms. The summed E-state index contributed by atoms with van der Waals surface area (Å²) < 4.78 is 6.24. The van der Waals surface area contributed by atoms with E-state index in [0.717, 1.165) is 29.8 Å². The van der Waals surface area contributed by atoms with E-state index < -0.39 is 0 Å². The van der Waals surface area contributed by atoms with Gasteiger partial charge in [0.05, 0.1) is 10.6 Å². The van der Waals surface area contributed by atoms with Gasteiger partial charge < -0.3 is 9.64 Å². The minimum atomic E-state index is 0.330. The van der Waals surface area contributed by atoms with Gasteiger partial charge in [0, 0.05) is 26.4 Å². The lowest BCUT2D eigenvalue weighted by molar-refractivity contribution is 0.121. The van der Waals surface area contributed by atoms with Crippen LogP contribution in [0, 0.1) is 0 Å². The second-order valence-corrected chi connectivity index (χ2v) is 4.14. The molecule has 0 radical (unpaired) electrons. The summed E-state index contributed by atoms with van der Waals surface area (Å²) in [4.78, 5) is 10.4. The van der Waals surface area contributed by atoms with Gasteiger partial charge in [0.15, 0.2) is 0 Å². The van der Waals surface area contributed by atoms with Gasteiger partial charge in [0.1, 0.15) is 12.1 Å². The summed E-state index contributed by atoms with van der Waals surface area (Å²) in [5, 5.41) is 0. The molecule has 1 aromatic heterocycles. The summed E-state index contributed by atoms with van der Waals surface area (Å²) >= 11 is 3.44. The quantitative estimate of drug-likeness (QED) is 0.805. The second kappa shape index (κ2) is 4.23. The van der Waals surface area contributed by atoms with E-state index in [1.54, 1.807) is 19.6 Å². The molecule has 0 bridgehead atoms. The largest absolute Gasteiger partial charge is 0.380 e. The Balaban J connectivity index is 2.13. The number of anilines is 1. The van der Waals surface area contributed by atoms with Crippen LogP contribution in [0.25, 0.3) is 0 Å². The van der Waals surface area contributed by atoms with Crippen molar-refractivity contribution in [3.05, 3.63) is 17.0 Å². The first kappa shape index (κ1) is 9.86. The fourth-order valence-corrected chi connectivity index (χ4v) is 2.12. The molecule has 1 fully saturated rings. The lowest BCUT2D eigenvalue weighted by atomic mass is 10.3. The summed E-state index contributed by atoms with van der Waals surface area (Å²) in [7, 11) is 1.75. The SMILES string of the molecule is COC1CCN(c2ncncc2Br)C1. The van der Waals surface area contributed by atoms with Crippen LogP contribution in [0.15, 0.2) is 17.0 Å². The fraction of sp³-hybridized carbons (Fsp3) is 0.556. The van der Waals surface area contributed by atoms with Gasteiger partial charge >= 0.3 is 0 Å². The van der Waals surface area contributed by atoms with Crippen molar-refractivity contribution in [1.29, 1.82) is 0 Å². The molecule has 1 saturated heterocycles. The minimum absolute atomic E-state index is 0.330. The number of methoxy groups -OCH3 is 1. The van der Waals surface area contributed by atoms with E-state index in [9.17, 15) is 0 Å². The Morgan fingerprint density at radius 3 is 3.14 bits per heavy atom. The maximum absolute atomic E-state index is 5.30. The highest BCUT2D eigenvalue weighted by Gasteiger charge is 2.24. The van der Waals surface area contributed by atoms with Gasteiger partial charge in [-0.05, 0) is 22.4 Å². The van der Waals surface area contributed by atoms with E-state index in [1.165, 1.54) is 0 Å². The van der Waals surface area contributed by atoms with Crippen LogP contribution in [-0.4, -0.2) is 36.3 Å². The van der Waals surface area contributed by atoms with Gasteiger partial charge in [0.25, 0.3) is 0 Å². The maximum atomic E-state index is 5.30. The third-order valence-electron chi connectivity index (χ3n) is 2.43. The Labute approximate surface area is 91.4 Å². The summed E-state index contributed by atoms with van der Waals surface area (Å²) in [6.45, 7) is 1.90. The molecule has 2 heterocycles. The number of hydrogen-bond donors (Lipinski definition) is 0. The predicted octanol–water partition coefficient (Wildman–Crippen LogP) is 1.46. The third-order valence-corrected chi connectivity index (χ3v) is 2.99. The Bertz CT molecular complexity index is 321. The van der Waals surface area contributed by atoms with Gasteiger partial charge in [-0.15, -0.1) is 0 Å². The van der Waals surface area contributed by atoms with Crippen molar-refractivity contribution in [2.75, 3.05) is 25.1 Å². The molecule has 0 aliphatic carbocycles. The van der Waals surface area contributed by atoms with E-state index >= 15 is 0 Å². The van der Waals surface area contributed by atoms with Crippen molar-refractivity contribution < 1.29 is 4.74 Å². The molecule has 0 N–H and O–H groups in total. The number of ether oxygens (including phenoxy) is 1. The zero-order valence-corrected chi connectivity index (χ0v) is 9.57. The van der Waals surface area contributed by atoms with Gasteiger partial charge in [-0.3, -0.25) is 0 Å². The zero-order valence-electron chi connectivity index (χ0n) is 7.98. The highest BCUT2D eigenvalue weighted by atomic mass is 79.9. The molecule has 2 rings (SSSR count). The van der Waals surface area contributed by atoms with Gasteiger partial charge in [-0.2, -0.15) is 0 Å². The molecule has 0 saturated carbocycles. The van der Waals surface area contributed by atoms with Crippen molar-refractivity contribution in [2.45, 2.75) is 12.5 Å². The first-order chi connectivity index (χ1) is 6.81. The minimum Gasteiger partial charge on any atom is -0.380 e. The van der Waals surface area contributed by atoms with E-state index in [-0.39, 0.29) is 0 Å². The standard InChI is InChI=1S/C9H12BrN3O/c1-14-7-2-3-13(5-7)9-8(10)4-11-6-12-9/h4,6-7H,2-3,5H2,1H3. The predicted molar refractivity (Wildman–Crippen MR) is 57.4 cm³/mol. The van der Waals surface area contributed by atoms with E-state index in [2.05, 4.69) is 30.8 Å². The number of nitrogens with zero attached hydrogens (tertiary/aromatic N) is 3. The average Bonchev–Trinajstić information content (AvgIpc) is 2.67. The van der Waals surface area contributed by atoms with Crippen LogP contribution in [0.2, 0.25) is 0 Å². The van der Waals surface area contributed by atoms with Crippen LogP contribution < -0.4 is 4.90 Å². The first-order valence-electron chi connectivity index (χ1n) is 4.54. The number of halogens is 1. The number of rotatable bonds is 2. The molecular formula is C9H12BrN3O. The normalized spacial score (nSPS) is 21.6. The van der Waals surface area contributed by atoms with Crippen molar-refractivity contribution in [2.24, 2.45) is 0 Å². The molecule has 14 heavy (non-hydrogen) atoms. The number of aromatic nitrogens is 2. The molecule has 0 spiro atoms. The molecular weight excluding hydrogens is 246 g/mol. The van der Waals surface area contributed by atoms with Crippen LogP contribution in [0.1, 0.15) is 6.42 Å².